The van der Waals surface area contributed by atoms with Gasteiger partial charge in [-0.15, -0.1) is 0 Å². The van der Waals surface area contributed by atoms with Crippen molar-refractivity contribution in [1.82, 2.24) is 25.1 Å². The lowest BCUT2D eigenvalue weighted by Gasteiger charge is -2.18. The molecule has 2 amide bonds. The summed E-state index contributed by atoms with van der Waals surface area (Å²) in [6.07, 6.45) is 0.0408. The molecule has 8 nitrogen and oxygen atoms in total. The average molecular weight is 427 g/mol. The van der Waals surface area contributed by atoms with Gasteiger partial charge >= 0.3 is 0 Å². The van der Waals surface area contributed by atoms with Gasteiger partial charge in [-0.05, 0) is 44.5 Å². The van der Waals surface area contributed by atoms with Gasteiger partial charge in [0.15, 0.2) is 0 Å². The molecule has 0 radical (unpaired) electrons. The lowest BCUT2D eigenvalue weighted by atomic mass is 10.0. The SMILES string of the molecule is CC(=O)NC(CC(=O)Nc1cc(C)nn1-c1nc(C)cc(C)n1)c1ccc(Cl)cc1. The first-order valence-electron chi connectivity index (χ1n) is 9.43. The molecule has 1 unspecified atom stereocenters. The first-order valence-corrected chi connectivity index (χ1v) is 9.81. The van der Waals surface area contributed by atoms with E-state index in [1.807, 2.05) is 26.8 Å². The summed E-state index contributed by atoms with van der Waals surface area (Å²) in [5, 5.41) is 10.7. The number of amides is 2. The van der Waals surface area contributed by atoms with E-state index in [2.05, 4.69) is 25.7 Å². The van der Waals surface area contributed by atoms with Crippen LogP contribution in [0, 0.1) is 20.8 Å². The Kier molecular flexibility index (Phi) is 6.47. The van der Waals surface area contributed by atoms with Crippen LogP contribution < -0.4 is 10.6 Å². The highest BCUT2D eigenvalue weighted by Gasteiger charge is 2.19. The second-order valence-electron chi connectivity index (χ2n) is 7.09. The number of nitrogens with zero attached hydrogens (tertiary/aromatic N) is 4. The van der Waals surface area contributed by atoms with E-state index in [1.54, 1.807) is 30.3 Å². The van der Waals surface area contributed by atoms with Crippen LogP contribution in [0.4, 0.5) is 5.82 Å². The van der Waals surface area contributed by atoms with Gasteiger partial charge in [-0.1, -0.05) is 23.7 Å². The molecular formula is C21H23ClN6O2. The van der Waals surface area contributed by atoms with E-state index in [0.717, 1.165) is 17.0 Å². The van der Waals surface area contributed by atoms with E-state index >= 15 is 0 Å². The van der Waals surface area contributed by atoms with Gasteiger partial charge < -0.3 is 10.6 Å². The Morgan fingerprint density at radius 3 is 2.27 bits per heavy atom. The molecule has 1 atom stereocenters. The van der Waals surface area contributed by atoms with E-state index in [-0.39, 0.29) is 18.2 Å². The number of carbonyl (C=O) groups excluding carboxylic acids is 2. The normalized spacial score (nSPS) is 11.8. The topological polar surface area (TPSA) is 102 Å². The molecule has 0 bridgehead atoms. The molecule has 156 valence electrons. The van der Waals surface area contributed by atoms with E-state index < -0.39 is 6.04 Å². The fourth-order valence-electron chi connectivity index (χ4n) is 3.11. The first-order chi connectivity index (χ1) is 14.2. The van der Waals surface area contributed by atoms with Crippen LogP contribution in [0.1, 0.15) is 42.0 Å². The molecule has 0 aliphatic rings. The molecular weight excluding hydrogens is 404 g/mol. The number of aryl methyl sites for hydroxylation is 3. The Morgan fingerprint density at radius 1 is 1.03 bits per heavy atom. The van der Waals surface area contributed by atoms with Gasteiger partial charge in [0.25, 0.3) is 5.95 Å². The third-order valence-corrected chi connectivity index (χ3v) is 4.55. The highest BCUT2D eigenvalue weighted by atomic mass is 35.5. The summed E-state index contributed by atoms with van der Waals surface area (Å²) in [5.41, 5.74) is 3.10. The number of hydrogen-bond acceptors (Lipinski definition) is 5. The lowest BCUT2D eigenvalue weighted by molar-refractivity contribution is -0.120. The summed E-state index contributed by atoms with van der Waals surface area (Å²) in [4.78, 5) is 33.3. The molecule has 0 fully saturated rings. The lowest BCUT2D eigenvalue weighted by Crippen LogP contribution is -2.30. The van der Waals surface area contributed by atoms with Crippen molar-refractivity contribution in [2.45, 2.75) is 40.2 Å². The van der Waals surface area contributed by atoms with Crippen LogP contribution in [0.15, 0.2) is 36.4 Å². The fraction of sp³-hybridized carbons (Fsp3) is 0.286. The van der Waals surface area contributed by atoms with Crippen LogP contribution in [-0.4, -0.2) is 31.6 Å². The van der Waals surface area contributed by atoms with Crippen LogP contribution in [0.5, 0.6) is 0 Å². The van der Waals surface area contributed by atoms with Crippen LogP contribution in [0.25, 0.3) is 5.95 Å². The molecule has 2 aromatic heterocycles. The van der Waals surface area contributed by atoms with Gasteiger partial charge in [0.05, 0.1) is 18.2 Å². The third-order valence-electron chi connectivity index (χ3n) is 4.30. The summed E-state index contributed by atoms with van der Waals surface area (Å²) < 4.78 is 1.50. The maximum Gasteiger partial charge on any atom is 0.252 e. The van der Waals surface area contributed by atoms with E-state index in [0.29, 0.717) is 22.5 Å². The number of hydrogen-bond donors (Lipinski definition) is 2. The molecule has 0 aliphatic heterocycles. The van der Waals surface area contributed by atoms with Crippen molar-refractivity contribution in [1.29, 1.82) is 0 Å². The molecule has 2 N–H and O–H groups in total. The quantitative estimate of drug-likeness (QED) is 0.628. The maximum absolute atomic E-state index is 12.8. The predicted octanol–water partition coefficient (Wildman–Crippen LogP) is 3.45. The zero-order chi connectivity index (χ0) is 21.8. The molecule has 3 aromatic rings. The Bertz CT molecular complexity index is 1060. The van der Waals surface area contributed by atoms with Gasteiger partial charge in [0, 0.05) is 29.4 Å². The Morgan fingerprint density at radius 2 is 1.67 bits per heavy atom. The molecule has 9 heteroatoms. The average Bonchev–Trinajstić information content (AvgIpc) is 3.00. The van der Waals surface area contributed by atoms with E-state index in [9.17, 15) is 9.59 Å². The van der Waals surface area contributed by atoms with Gasteiger partial charge in [0.2, 0.25) is 11.8 Å². The Hall–Kier alpha value is -3.26. The molecule has 3 rings (SSSR count). The predicted molar refractivity (Wildman–Crippen MR) is 115 cm³/mol. The molecule has 1 aromatic carbocycles. The van der Waals surface area contributed by atoms with Crippen molar-refractivity contribution in [3.8, 4) is 5.95 Å². The van der Waals surface area contributed by atoms with Crippen molar-refractivity contribution in [3.63, 3.8) is 0 Å². The van der Waals surface area contributed by atoms with Gasteiger partial charge in [-0.2, -0.15) is 9.78 Å². The maximum atomic E-state index is 12.8. The Labute approximate surface area is 179 Å². The summed E-state index contributed by atoms with van der Waals surface area (Å²) in [6, 6.07) is 10.1. The Balaban J connectivity index is 1.82. The van der Waals surface area contributed by atoms with Crippen LogP contribution >= 0.6 is 11.6 Å². The smallest absolute Gasteiger partial charge is 0.252 e. The van der Waals surface area contributed by atoms with Crippen LogP contribution in [0.2, 0.25) is 5.02 Å². The number of carbonyl (C=O) groups is 2. The van der Waals surface area contributed by atoms with Crippen molar-refractivity contribution in [2.24, 2.45) is 0 Å². The van der Waals surface area contributed by atoms with Crippen molar-refractivity contribution in [3.05, 3.63) is 64.1 Å². The second-order valence-corrected chi connectivity index (χ2v) is 7.53. The number of nitrogens with one attached hydrogen (secondary N) is 2. The number of benzene rings is 1. The first kappa shape index (κ1) is 21.4. The summed E-state index contributed by atoms with van der Waals surface area (Å²) >= 11 is 5.95. The van der Waals surface area contributed by atoms with E-state index in [4.69, 9.17) is 11.6 Å². The zero-order valence-corrected chi connectivity index (χ0v) is 18.0. The van der Waals surface area contributed by atoms with Crippen LogP contribution in [0.3, 0.4) is 0 Å². The minimum atomic E-state index is -0.491. The standard InChI is InChI=1S/C21H23ClN6O2/c1-12-9-13(2)24-21(23-12)28-19(10-14(3)27-28)26-20(30)11-18(25-15(4)29)16-5-7-17(22)8-6-16/h5-10,18H,11H2,1-4H3,(H,25,29)(H,26,30). The summed E-state index contributed by atoms with van der Waals surface area (Å²) in [5.74, 6) is 0.327. The van der Waals surface area contributed by atoms with Crippen molar-refractivity contribution < 1.29 is 9.59 Å². The molecule has 0 saturated heterocycles. The van der Waals surface area contributed by atoms with E-state index in [1.165, 1.54) is 11.6 Å². The number of halogens is 1. The van der Waals surface area contributed by atoms with Crippen LogP contribution in [-0.2, 0) is 9.59 Å². The summed E-state index contributed by atoms with van der Waals surface area (Å²) in [6.45, 7) is 6.98. The van der Waals surface area contributed by atoms with Crippen molar-refractivity contribution in [2.75, 3.05) is 5.32 Å². The number of aromatic nitrogens is 4. The highest BCUT2D eigenvalue weighted by molar-refractivity contribution is 6.30. The zero-order valence-electron chi connectivity index (χ0n) is 17.2. The van der Waals surface area contributed by atoms with Gasteiger partial charge in [0.1, 0.15) is 5.82 Å². The van der Waals surface area contributed by atoms with Gasteiger partial charge in [-0.25, -0.2) is 9.97 Å². The minimum absolute atomic E-state index is 0.0408. The van der Waals surface area contributed by atoms with Crippen molar-refractivity contribution >= 4 is 29.2 Å². The molecule has 30 heavy (non-hydrogen) atoms. The fourth-order valence-corrected chi connectivity index (χ4v) is 3.24. The number of anilines is 1. The van der Waals surface area contributed by atoms with Gasteiger partial charge in [-0.3, -0.25) is 9.59 Å². The largest absolute Gasteiger partial charge is 0.349 e. The monoisotopic (exact) mass is 426 g/mol. The minimum Gasteiger partial charge on any atom is -0.349 e. The number of rotatable bonds is 6. The molecule has 2 heterocycles. The highest BCUT2D eigenvalue weighted by Crippen LogP contribution is 2.21. The third kappa shape index (κ3) is 5.42. The second kappa shape index (κ2) is 9.04. The summed E-state index contributed by atoms with van der Waals surface area (Å²) in [7, 11) is 0. The molecule has 0 spiro atoms. The molecule has 0 saturated carbocycles. The molecule has 0 aliphatic carbocycles.